The van der Waals surface area contributed by atoms with Crippen molar-refractivity contribution in [1.82, 2.24) is 20.6 Å². The first-order chi connectivity index (χ1) is 9.28. The van der Waals surface area contributed by atoms with Crippen molar-refractivity contribution >= 4 is 11.9 Å². The van der Waals surface area contributed by atoms with Crippen LogP contribution in [0.1, 0.15) is 5.56 Å². The zero-order valence-corrected chi connectivity index (χ0v) is 10.2. The molecule has 2 rings (SSSR count). The smallest absolute Gasteiger partial charge is 0.269 e. The normalized spacial score (nSPS) is 10.2. The van der Waals surface area contributed by atoms with E-state index in [0.717, 1.165) is 12.0 Å². The molecule has 100 valence electrons. The number of hydrogen-bond donors (Lipinski definition) is 3. The molecule has 0 saturated heterocycles. The maximum atomic E-state index is 11.5. The van der Waals surface area contributed by atoms with Crippen LogP contribution in [-0.2, 0) is 11.2 Å². The van der Waals surface area contributed by atoms with Gasteiger partial charge in [0.1, 0.15) is 5.75 Å². The van der Waals surface area contributed by atoms with Crippen molar-refractivity contribution in [2.45, 2.75) is 6.42 Å². The third-order valence-corrected chi connectivity index (χ3v) is 2.30. The Morgan fingerprint density at radius 2 is 2.37 bits per heavy atom. The second-order valence-electron chi connectivity index (χ2n) is 3.76. The summed E-state index contributed by atoms with van der Waals surface area (Å²) in [6, 6.07) is 7.45. The van der Waals surface area contributed by atoms with Gasteiger partial charge < -0.3 is 10.5 Å². The van der Waals surface area contributed by atoms with E-state index in [1.54, 1.807) is 6.07 Å². The molecule has 1 aromatic carbocycles. The number of H-pyrrole nitrogens is 1. The Balaban J connectivity index is 1.84. The lowest BCUT2D eigenvalue weighted by Gasteiger charge is -2.07. The minimum Gasteiger partial charge on any atom is -0.484 e. The largest absolute Gasteiger partial charge is 0.484 e. The quantitative estimate of drug-likeness (QED) is 0.658. The number of amides is 1. The Bertz CT molecular complexity index is 528. The number of nitrogens with zero attached hydrogens (tertiary/aromatic N) is 3. The van der Waals surface area contributed by atoms with Crippen molar-refractivity contribution < 1.29 is 9.53 Å². The van der Waals surface area contributed by atoms with Crippen LogP contribution in [-0.4, -0.2) is 39.7 Å². The molecule has 0 unspecified atom stereocenters. The highest BCUT2D eigenvalue weighted by atomic mass is 16.5. The number of benzene rings is 1. The predicted molar refractivity (Wildman–Crippen MR) is 67.5 cm³/mol. The molecule has 2 aromatic rings. The fourth-order valence-electron chi connectivity index (χ4n) is 1.48. The highest BCUT2D eigenvalue weighted by Gasteiger charge is 2.06. The number of aromatic nitrogens is 4. The second-order valence-corrected chi connectivity index (χ2v) is 3.76. The summed E-state index contributed by atoms with van der Waals surface area (Å²) in [5.74, 6) is 0.380. The third kappa shape index (κ3) is 4.03. The average molecular weight is 262 g/mol. The Labute approximate surface area is 109 Å². The maximum absolute atomic E-state index is 11.5. The van der Waals surface area contributed by atoms with E-state index < -0.39 is 0 Å². The van der Waals surface area contributed by atoms with E-state index in [0.29, 0.717) is 12.3 Å². The number of carbonyl (C=O) groups is 1. The van der Waals surface area contributed by atoms with Crippen LogP contribution in [0.2, 0.25) is 0 Å². The Hall–Kier alpha value is -2.48. The summed E-state index contributed by atoms with van der Waals surface area (Å²) in [6.45, 7) is 0.447. The third-order valence-electron chi connectivity index (χ3n) is 2.30. The van der Waals surface area contributed by atoms with E-state index in [2.05, 4.69) is 25.9 Å². The van der Waals surface area contributed by atoms with Gasteiger partial charge in [-0.15, -0.1) is 5.10 Å². The number of nitrogens with one attached hydrogen (secondary N) is 2. The number of ether oxygens (including phenoxy) is 1. The van der Waals surface area contributed by atoms with Crippen LogP contribution < -0.4 is 15.8 Å². The highest BCUT2D eigenvalue weighted by Crippen LogP contribution is 2.13. The molecule has 0 fully saturated rings. The molecule has 0 aliphatic rings. The van der Waals surface area contributed by atoms with Crippen molar-refractivity contribution in [3.8, 4) is 5.75 Å². The van der Waals surface area contributed by atoms with E-state index in [9.17, 15) is 4.79 Å². The van der Waals surface area contributed by atoms with Gasteiger partial charge in [-0.05, 0) is 35.9 Å². The first kappa shape index (κ1) is 13.0. The summed E-state index contributed by atoms with van der Waals surface area (Å²) in [4.78, 5) is 11.5. The molecule has 1 heterocycles. The summed E-state index contributed by atoms with van der Waals surface area (Å²) in [7, 11) is 0. The van der Waals surface area contributed by atoms with Crippen LogP contribution in [0.15, 0.2) is 24.3 Å². The van der Waals surface area contributed by atoms with Crippen molar-refractivity contribution in [1.29, 1.82) is 0 Å². The number of hydrogen-bond acceptors (Lipinski definition) is 6. The van der Waals surface area contributed by atoms with E-state index in [1.807, 2.05) is 18.2 Å². The molecule has 0 bridgehead atoms. The standard InChI is InChI=1S/C11H14N6O2/c12-5-4-8-2-1-3-9(6-8)19-7-10(18)13-11-14-16-17-15-11/h1-3,6H,4-5,7,12H2,(H2,13,14,15,16,17,18). The van der Waals surface area contributed by atoms with Gasteiger partial charge in [0.2, 0.25) is 0 Å². The van der Waals surface area contributed by atoms with Gasteiger partial charge in [-0.3, -0.25) is 10.1 Å². The van der Waals surface area contributed by atoms with Crippen LogP contribution in [0.4, 0.5) is 5.95 Å². The van der Waals surface area contributed by atoms with Gasteiger partial charge in [0.05, 0.1) is 0 Å². The molecule has 4 N–H and O–H groups in total. The van der Waals surface area contributed by atoms with Gasteiger partial charge in [0, 0.05) is 0 Å². The number of rotatable bonds is 6. The van der Waals surface area contributed by atoms with Gasteiger partial charge >= 0.3 is 0 Å². The molecule has 8 nitrogen and oxygen atoms in total. The van der Waals surface area contributed by atoms with Gasteiger partial charge in [-0.2, -0.15) is 5.21 Å². The van der Waals surface area contributed by atoms with E-state index in [-0.39, 0.29) is 18.5 Å². The number of anilines is 1. The maximum Gasteiger partial charge on any atom is 0.269 e. The number of tetrazole rings is 1. The number of carbonyl (C=O) groups excluding carboxylic acids is 1. The van der Waals surface area contributed by atoms with Crippen LogP contribution in [0.5, 0.6) is 5.75 Å². The molecule has 0 spiro atoms. The first-order valence-electron chi connectivity index (χ1n) is 5.73. The molecular formula is C11H14N6O2. The monoisotopic (exact) mass is 262 g/mol. The van der Waals surface area contributed by atoms with Gasteiger partial charge in [-0.25, -0.2) is 0 Å². The van der Waals surface area contributed by atoms with Crippen LogP contribution in [0.3, 0.4) is 0 Å². The SMILES string of the molecule is NCCc1cccc(OCC(=O)Nc2nn[nH]n2)c1. The van der Waals surface area contributed by atoms with Crippen LogP contribution >= 0.6 is 0 Å². The molecular weight excluding hydrogens is 248 g/mol. The van der Waals surface area contributed by atoms with Crippen molar-refractivity contribution in [2.75, 3.05) is 18.5 Å². The van der Waals surface area contributed by atoms with Crippen molar-refractivity contribution in [3.63, 3.8) is 0 Å². The molecule has 0 radical (unpaired) electrons. The van der Waals surface area contributed by atoms with E-state index in [4.69, 9.17) is 10.5 Å². The topological polar surface area (TPSA) is 119 Å². The van der Waals surface area contributed by atoms with Gasteiger partial charge in [-0.1, -0.05) is 17.2 Å². The minimum absolute atomic E-state index is 0.116. The fraction of sp³-hybridized carbons (Fsp3) is 0.273. The molecule has 1 amide bonds. The van der Waals surface area contributed by atoms with E-state index in [1.165, 1.54) is 0 Å². The fourth-order valence-corrected chi connectivity index (χ4v) is 1.48. The van der Waals surface area contributed by atoms with Gasteiger partial charge in [0.15, 0.2) is 6.61 Å². The molecule has 0 aliphatic carbocycles. The molecule has 0 aliphatic heterocycles. The molecule has 8 heteroatoms. The Morgan fingerprint density at radius 1 is 1.47 bits per heavy atom. The molecule has 0 atom stereocenters. The lowest BCUT2D eigenvalue weighted by Crippen LogP contribution is -2.21. The molecule has 19 heavy (non-hydrogen) atoms. The average Bonchev–Trinajstić information content (AvgIpc) is 2.90. The van der Waals surface area contributed by atoms with E-state index >= 15 is 0 Å². The van der Waals surface area contributed by atoms with Crippen molar-refractivity contribution in [3.05, 3.63) is 29.8 Å². The highest BCUT2D eigenvalue weighted by molar-refractivity contribution is 5.90. The Morgan fingerprint density at radius 3 is 3.11 bits per heavy atom. The number of aromatic amines is 1. The summed E-state index contributed by atoms with van der Waals surface area (Å²) >= 11 is 0. The lowest BCUT2D eigenvalue weighted by atomic mass is 10.1. The molecule has 0 saturated carbocycles. The zero-order valence-electron chi connectivity index (χ0n) is 10.2. The first-order valence-corrected chi connectivity index (χ1v) is 5.73. The number of nitrogens with two attached hydrogens (primary N) is 1. The zero-order chi connectivity index (χ0) is 13.5. The summed E-state index contributed by atoms with van der Waals surface area (Å²) in [5.41, 5.74) is 6.55. The summed E-state index contributed by atoms with van der Waals surface area (Å²) < 4.78 is 5.36. The summed E-state index contributed by atoms with van der Waals surface area (Å²) in [5, 5.41) is 15.2. The lowest BCUT2D eigenvalue weighted by molar-refractivity contribution is -0.118. The van der Waals surface area contributed by atoms with Crippen LogP contribution in [0, 0.1) is 0 Å². The Kier molecular flexibility index (Phi) is 4.40. The van der Waals surface area contributed by atoms with Gasteiger partial charge in [0.25, 0.3) is 11.9 Å². The van der Waals surface area contributed by atoms with Crippen LogP contribution in [0.25, 0.3) is 0 Å². The summed E-state index contributed by atoms with van der Waals surface area (Å²) in [6.07, 6.45) is 0.770. The van der Waals surface area contributed by atoms with Crippen molar-refractivity contribution in [2.24, 2.45) is 5.73 Å². The predicted octanol–water partition coefficient (Wildman–Crippen LogP) is -0.282. The molecule has 1 aromatic heterocycles. The minimum atomic E-state index is -0.356. The second kappa shape index (κ2) is 6.45.